The molecule has 0 fully saturated rings. The average Bonchev–Trinajstić information content (AvgIpc) is 2.24. The van der Waals surface area contributed by atoms with Crippen LogP contribution in [0.15, 0.2) is 30.3 Å². The summed E-state index contributed by atoms with van der Waals surface area (Å²) in [4.78, 5) is 0. The van der Waals surface area contributed by atoms with Gasteiger partial charge in [-0.15, -0.1) is 0 Å². The third kappa shape index (κ3) is 4.30. The summed E-state index contributed by atoms with van der Waals surface area (Å²) < 4.78 is 32.4. The molecule has 0 saturated carbocycles. The standard InChI is InChI=1S/C11H17NO3S/c1-2-3-9-12(16(13,14)15)10-11-7-5-4-6-8-11/h4-8H,2-3,9-10H2,1H3,(H,13,14,15). The van der Waals surface area contributed by atoms with Crippen molar-refractivity contribution in [2.45, 2.75) is 26.3 Å². The van der Waals surface area contributed by atoms with E-state index in [-0.39, 0.29) is 6.54 Å². The van der Waals surface area contributed by atoms with Crippen molar-refractivity contribution in [3.63, 3.8) is 0 Å². The Morgan fingerprint density at radius 1 is 1.25 bits per heavy atom. The highest BCUT2D eigenvalue weighted by atomic mass is 32.2. The minimum Gasteiger partial charge on any atom is -0.273 e. The minimum atomic E-state index is -4.10. The molecule has 5 heteroatoms. The lowest BCUT2D eigenvalue weighted by atomic mass is 10.2. The number of hydrogen-bond acceptors (Lipinski definition) is 2. The fraction of sp³-hybridized carbons (Fsp3) is 0.455. The number of unbranched alkanes of at least 4 members (excludes halogenated alkanes) is 1. The zero-order chi connectivity index (χ0) is 12.0. The maximum Gasteiger partial charge on any atom is 0.336 e. The van der Waals surface area contributed by atoms with Crippen molar-refractivity contribution in [1.29, 1.82) is 0 Å². The van der Waals surface area contributed by atoms with Gasteiger partial charge in [-0.2, -0.15) is 12.7 Å². The number of nitrogens with zero attached hydrogens (tertiary/aromatic N) is 1. The Bertz CT molecular complexity index is 402. The Balaban J connectivity index is 2.72. The summed E-state index contributed by atoms with van der Waals surface area (Å²) in [6.07, 6.45) is 1.63. The molecule has 4 nitrogen and oxygen atoms in total. The molecule has 0 aliphatic rings. The Morgan fingerprint density at radius 2 is 1.88 bits per heavy atom. The maximum absolute atomic E-state index is 11.1. The van der Waals surface area contributed by atoms with E-state index in [9.17, 15) is 8.42 Å². The smallest absolute Gasteiger partial charge is 0.273 e. The SMILES string of the molecule is CCCCN(Cc1ccccc1)S(=O)(=O)O. The van der Waals surface area contributed by atoms with Crippen LogP contribution in [0.2, 0.25) is 0 Å². The molecule has 0 bridgehead atoms. The number of rotatable bonds is 6. The van der Waals surface area contributed by atoms with Crippen LogP contribution in [0.1, 0.15) is 25.3 Å². The van der Waals surface area contributed by atoms with E-state index in [0.29, 0.717) is 6.54 Å². The Kier molecular flexibility index (Phi) is 4.92. The van der Waals surface area contributed by atoms with E-state index < -0.39 is 10.3 Å². The van der Waals surface area contributed by atoms with Crippen molar-refractivity contribution in [3.05, 3.63) is 35.9 Å². The van der Waals surface area contributed by atoms with Gasteiger partial charge in [-0.3, -0.25) is 4.55 Å². The third-order valence-corrected chi connectivity index (χ3v) is 3.25. The third-order valence-electron chi connectivity index (χ3n) is 2.29. The van der Waals surface area contributed by atoms with Crippen molar-refractivity contribution in [2.75, 3.05) is 6.54 Å². The molecule has 0 amide bonds. The van der Waals surface area contributed by atoms with E-state index in [1.54, 1.807) is 0 Å². The molecule has 0 aliphatic heterocycles. The van der Waals surface area contributed by atoms with Crippen LogP contribution in [0, 0.1) is 0 Å². The summed E-state index contributed by atoms with van der Waals surface area (Å²) >= 11 is 0. The molecule has 0 aromatic heterocycles. The first kappa shape index (κ1) is 13.2. The first-order valence-corrected chi connectivity index (χ1v) is 6.70. The molecule has 1 rings (SSSR count). The second kappa shape index (κ2) is 5.98. The van der Waals surface area contributed by atoms with Crippen LogP contribution >= 0.6 is 0 Å². The fourth-order valence-corrected chi connectivity index (χ4v) is 2.07. The number of hydrogen-bond donors (Lipinski definition) is 1. The van der Waals surface area contributed by atoms with Gasteiger partial charge < -0.3 is 0 Å². The zero-order valence-corrected chi connectivity index (χ0v) is 10.2. The van der Waals surface area contributed by atoms with Gasteiger partial charge in [0.2, 0.25) is 0 Å². The second-order valence-corrected chi connectivity index (χ2v) is 5.06. The normalized spacial score (nSPS) is 11.9. The molecule has 0 unspecified atom stereocenters. The highest BCUT2D eigenvalue weighted by Crippen LogP contribution is 2.09. The van der Waals surface area contributed by atoms with E-state index in [0.717, 1.165) is 22.7 Å². The lowest BCUT2D eigenvalue weighted by Crippen LogP contribution is -2.30. The molecule has 1 aromatic carbocycles. The summed E-state index contributed by atoms with van der Waals surface area (Å²) in [6, 6.07) is 9.23. The summed E-state index contributed by atoms with van der Waals surface area (Å²) in [6.45, 7) is 2.55. The molecule has 0 heterocycles. The highest BCUT2D eigenvalue weighted by molar-refractivity contribution is 7.83. The van der Waals surface area contributed by atoms with E-state index in [1.165, 1.54) is 0 Å². The summed E-state index contributed by atoms with van der Waals surface area (Å²) in [5.41, 5.74) is 0.872. The van der Waals surface area contributed by atoms with Gasteiger partial charge in [-0.05, 0) is 12.0 Å². The van der Waals surface area contributed by atoms with Gasteiger partial charge in [0.1, 0.15) is 0 Å². The van der Waals surface area contributed by atoms with Gasteiger partial charge in [0, 0.05) is 13.1 Å². The predicted molar refractivity (Wildman–Crippen MR) is 63.3 cm³/mol. The van der Waals surface area contributed by atoms with Crippen molar-refractivity contribution in [3.8, 4) is 0 Å². The van der Waals surface area contributed by atoms with Gasteiger partial charge in [0.05, 0.1) is 0 Å². The highest BCUT2D eigenvalue weighted by Gasteiger charge is 2.18. The fourth-order valence-electron chi connectivity index (χ4n) is 1.40. The molecular formula is C11H17NO3S. The molecule has 0 aliphatic carbocycles. The summed E-state index contributed by atoms with van der Waals surface area (Å²) in [7, 11) is -4.10. The van der Waals surface area contributed by atoms with Crippen LogP contribution in [0.25, 0.3) is 0 Å². The molecule has 1 aromatic rings. The zero-order valence-electron chi connectivity index (χ0n) is 9.33. The van der Waals surface area contributed by atoms with Crippen molar-refractivity contribution in [2.24, 2.45) is 0 Å². The topological polar surface area (TPSA) is 57.6 Å². The number of benzene rings is 1. The van der Waals surface area contributed by atoms with E-state index in [2.05, 4.69) is 0 Å². The Hall–Kier alpha value is -0.910. The van der Waals surface area contributed by atoms with Gasteiger partial charge in [0.25, 0.3) is 0 Å². The molecule has 1 N–H and O–H groups in total. The molecule has 0 saturated heterocycles. The summed E-state index contributed by atoms with van der Waals surface area (Å²) in [5.74, 6) is 0. The van der Waals surface area contributed by atoms with E-state index >= 15 is 0 Å². The predicted octanol–water partition coefficient (Wildman–Crippen LogP) is 2.09. The van der Waals surface area contributed by atoms with Crippen molar-refractivity contribution >= 4 is 10.3 Å². The van der Waals surface area contributed by atoms with Crippen molar-refractivity contribution < 1.29 is 13.0 Å². The van der Waals surface area contributed by atoms with Gasteiger partial charge >= 0.3 is 10.3 Å². The van der Waals surface area contributed by atoms with Crippen LogP contribution in [0.3, 0.4) is 0 Å². The Labute approximate surface area is 96.8 Å². The lowest BCUT2D eigenvalue weighted by molar-refractivity contribution is 0.341. The quantitative estimate of drug-likeness (QED) is 0.778. The van der Waals surface area contributed by atoms with E-state index in [1.807, 2.05) is 37.3 Å². The molecule has 16 heavy (non-hydrogen) atoms. The summed E-state index contributed by atoms with van der Waals surface area (Å²) in [5, 5.41) is 0. The average molecular weight is 243 g/mol. The maximum atomic E-state index is 11.1. The molecule has 0 radical (unpaired) electrons. The monoisotopic (exact) mass is 243 g/mol. The first-order chi connectivity index (χ1) is 7.54. The Morgan fingerprint density at radius 3 is 2.38 bits per heavy atom. The second-order valence-electron chi connectivity index (χ2n) is 3.65. The first-order valence-electron chi connectivity index (χ1n) is 5.30. The van der Waals surface area contributed by atoms with Crippen LogP contribution in [0.4, 0.5) is 0 Å². The van der Waals surface area contributed by atoms with Gasteiger partial charge in [0.15, 0.2) is 0 Å². The molecule has 0 spiro atoms. The van der Waals surface area contributed by atoms with Crippen LogP contribution in [0.5, 0.6) is 0 Å². The molecular weight excluding hydrogens is 226 g/mol. The van der Waals surface area contributed by atoms with Crippen LogP contribution in [-0.4, -0.2) is 23.8 Å². The lowest BCUT2D eigenvalue weighted by Gasteiger charge is -2.18. The minimum absolute atomic E-state index is 0.222. The van der Waals surface area contributed by atoms with Crippen LogP contribution in [-0.2, 0) is 16.8 Å². The van der Waals surface area contributed by atoms with Crippen LogP contribution < -0.4 is 0 Å². The van der Waals surface area contributed by atoms with Gasteiger partial charge in [-0.25, -0.2) is 0 Å². The molecule has 90 valence electrons. The van der Waals surface area contributed by atoms with Crippen molar-refractivity contribution in [1.82, 2.24) is 4.31 Å². The largest absolute Gasteiger partial charge is 0.336 e. The van der Waals surface area contributed by atoms with E-state index in [4.69, 9.17) is 4.55 Å². The van der Waals surface area contributed by atoms with Gasteiger partial charge in [-0.1, -0.05) is 43.7 Å². The molecule has 0 atom stereocenters.